The first kappa shape index (κ1) is 12.0. The van der Waals surface area contributed by atoms with Crippen molar-refractivity contribution >= 4 is 0 Å². The summed E-state index contributed by atoms with van der Waals surface area (Å²) < 4.78 is 0. The van der Waals surface area contributed by atoms with E-state index in [-0.39, 0.29) is 0 Å². The Bertz CT molecular complexity index is 232. The largest absolute Gasteiger partial charge is 0.399 e. The molecule has 0 fully saturated rings. The number of hydrogen-bond donors (Lipinski definition) is 1. The van der Waals surface area contributed by atoms with Gasteiger partial charge in [0.1, 0.15) is 0 Å². The maximum absolute atomic E-state index is 5.81. The van der Waals surface area contributed by atoms with Crippen LogP contribution in [0.1, 0.15) is 34.1 Å². The molecule has 1 nitrogen and oxygen atoms in total. The Labute approximate surface area is 82.0 Å². The van der Waals surface area contributed by atoms with E-state index < -0.39 is 0 Å². The van der Waals surface area contributed by atoms with E-state index in [1.165, 1.54) is 5.57 Å². The fourth-order valence-corrected chi connectivity index (χ4v) is 0.809. The van der Waals surface area contributed by atoms with E-state index in [1.54, 1.807) is 0 Å². The minimum atomic E-state index is 0.557. The Morgan fingerprint density at radius 3 is 2.31 bits per heavy atom. The summed E-state index contributed by atoms with van der Waals surface area (Å²) >= 11 is 0. The van der Waals surface area contributed by atoms with Crippen molar-refractivity contribution in [1.82, 2.24) is 0 Å². The highest BCUT2D eigenvalue weighted by atomic mass is 14.6. The van der Waals surface area contributed by atoms with Gasteiger partial charge in [0.15, 0.2) is 0 Å². The van der Waals surface area contributed by atoms with Gasteiger partial charge in [-0.1, -0.05) is 38.5 Å². The minimum absolute atomic E-state index is 0.557. The van der Waals surface area contributed by atoms with Crippen LogP contribution in [0.3, 0.4) is 0 Å². The summed E-state index contributed by atoms with van der Waals surface area (Å²) in [7, 11) is 0. The van der Waals surface area contributed by atoms with Gasteiger partial charge in [-0.2, -0.15) is 0 Å². The molecule has 2 N–H and O–H groups in total. The Hall–Kier alpha value is -0.980. The van der Waals surface area contributed by atoms with Gasteiger partial charge in [-0.25, -0.2) is 0 Å². The zero-order chi connectivity index (χ0) is 10.4. The van der Waals surface area contributed by atoms with Crippen LogP contribution in [0.15, 0.2) is 35.6 Å². The first-order valence-electron chi connectivity index (χ1n) is 4.80. The lowest BCUT2D eigenvalue weighted by Crippen LogP contribution is -1.97. The molecule has 0 aliphatic heterocycles. The van der Waals surface area contributed by atoms with Crippen molar-refractivity contribution in [3.63, 3.8) is 0 Å². The van der Waals surface area contributed by atoms with E-state index >= 15 is 0 Å². The van der Waals surface area contributed by atoms with Crippen molar-refractivity contribution in [2.75, 3.05) is 0 Å². The fourth-order valence-electron chi connectivity index (χ4n) is 0.809. The van der Waals surface area contributed by atoms with Crippen LogP contribution in [0, 0.1) is 5.92 Å². The molecule has 1 heteroatoms. The molecule has 0 aliphatic rings. The normalized spacial score (nSPS) is 13.6. The Balaban J connectivity index is 4.44. The summed E-state index contributed by atoms with van der Waals surface area (Å²) in [5.41, 5.74) is 8.99. The molecule has 0 aromatic rings. The average Bonchev–Trinajstić information content (AvgIpc) is 2.03. The van der Waals surface area contributed by atoms with E-state index in [2.05, 4.69) is 34.3 Å². The molecule has 0 bridgehead atoms. The van der Waals surface area contributed by atoms with E-state index in [9.17, 15) is 0 Å². The second-order valence-electron chi connectivity index (χ2n) is 3.70. The highest BCUT2D eigenvalue weighted by Crippen LogP contribution is 2.10. The Morgan fingerprint density at radius 2 is 1.92 bits per heavy atom. The topological polar surface area (TPSA) is 26.0 Å². The zero-order valence-electron chi connectivity index (χ0n) is 9.22. The molecule has 0 saturated carbocycles. The Kier molecular flexibility index (Phi) is 5.20. The molecule has 0 amide bonds. The van der Waals surface area contributed by atoms with Crippen LogP contribution in [0.5, 0.6) is 0 Å². The van der Waals surface area contributed by atoms with E-state index in [0.717, 1.165) is 17.7 Å². The lowest BCUT2D eigenvalue weighted by atomic mass is 10.0. The summed E-state index contributed by atoms with van der Waals surface area (Å²) in [6.45, 7) is 12.4. The van der Waals surface area contributed by atoms with Gasteiger partial charge in [-0.05, 0) is 31.4 Å². The van der Waals surface area contributed by atoms with Gasteiger partial charge < -0.3 is 5.73 Å². The maximum atomic E-state index is 5.81. The quantitative estimate of drug-likeness (QED) is 0.658. The molecular weight excluding hydrogens is 158 g/mol. The lowest BCUT2D eigenvalue weighted by Gasteiger charge is -2.05. The number of rotatable bonds is 4. The highest BCUT2D eigenvalue weighted by Gasteiger charge is 1.96. The molecular formula is C12H21N. The summed E-state index contributed by atoms with van der Waals surface area (Å²) in [6, 6.07) is 0. The molecule has 0 aromatic carbocycles. The number of nitrogens with two attached hydrogens (primary N) is 1. The monoisotopic (exact) mass is 179 g/mol. The van der Waals surface area contributed by atoms with Crippen molar-refractivity contribution in [3.05, 3.63) is 35.6 Å². The molecule has 0 aliphatic carbocycles. The third kappa shape index (κ3) is 5.29. The van der Waals surface area contributed by atoms with Crippen molar-refractivity contribution in [2.45, 2.75) is 34.1 Å². The summed E-state index contributed by atoms with van der Waals surface area (Å²) in [5, 5.41) is 0. The van der Waals surface area contributed by atoms with Gasteiger partial charge in [-0.15, -0.1) is 0 Å². The fraction of sp³-hybridized carbons (Fsp3) is 0.500. The third-order valence-corrected chi connectivity index (χ3v) is 2.13. The SMILES string of the molecule is C=C(/C=C(N)\C=C(/C)C(C)C)CC. The van der Waals surface area contributed by atoms with Crippen molar-refractivity contribution in [3.8, 4) is 0 Å². The van der Waals surface area contributed by atoms with E-state index in [4.69, 9.17) is 5.73 Å². The van der Waals surface area contributed by atoms with Crippen LogP contribution in [0.25, 0.3) is 0 Å². The highest BCUT2D eigenvalue weighted by molar-refractivity contribution is 5.28. The van der Waals surface area contributed by atoms with Crippen LogP contribution in [0.2, 0.25) is 0 Å². The van der Waals surface area contributed by atoms with Crippen molar-refractivity contribution < 1.29 is 0 Å². The lowest BCUT2D eigenvalue weighted by molar-refractivity contribution is 0.768. The standard InChI is InChI=1S/C12H21N/c1-6-10(4)7-12(13)8-11(5)9(2)3/h7-9H,4,6,13H2,1-3,5H3/b11-8+,12-7+. The molecule has 0 saturated heterocycles. The van der Waals surface area contributed by atoms with Crippen molar-refractivity contribution in [1.29, 1.82) is 0 Å². The van der Waals surface area contributed by atoms with E-state index in [0.29, 0.717) is 5.92 Å². The molecule has 0 aromatic heterocycles. The molecule has 0 unspecified atom stereocenters. The van der Waals surface area contributed by atoms with Crippen LogP contribution in [-0.2, 0) is 0 Å². The average molecular weight is 179 g/mol. The molecule has 74 valence electrons. The van der Waals surface area contributed by atoms with Gasteiger partial charge in [0.05, 0.1) is 0 Å². The minimum Gasteiger partial charge on any atom is -0.399 e. The van der Waals surface area contributed by atoms with Crippen LogP contribution >= 0.6 is 0 Å². The molecule has 0 spiro atoms. The Morgan fingerprint density at radius 1 is 1.38 bits per heavy atom. The smallest absolute Gasteiger partial charge is 0.0316 e. The maximum Gasteiger partial charge on any atom is 0.0316 e. The first-order valence-corrected chi connectivity index (χ1v) is 4.80. The van der Waals surface area contributed by atoms with Gasteiger partial charge in [0.25, 0.3) is 0 Å². The molecule has 0 heterocycles. The predicted octanol–water partition coefficient (Wildman–Crippen LogP) is 3.40. The summed E-state index contributed by atoms with van der Waals surface area (Å²) in [5.74, 6) is 0.557. The molecule has 13 heavy (non-hydrogen) atoms. The predicted molar refractivity (Wildman–Crippen MR) is 60.3 cm³/mol. The van der Waals surface area contributed by atoms with Gasteiger partial charge in [0.2, 0.25) is 0 Å². The summed E-state index contributed by atoms with van der Waals surface area (Å²) in [4.78, 5) is 0. The van der Waals surface area contributed by atoms with Crippen molar-refractivity contribution in [2.24, 2.45) is 11.7 Å². The number of hydrogen-bond acceptors (Lipinski definition) is 1. The second-order valence-corrected chi connectivity index (χ2v) is 3.70. The van der Waals surface area contributed by atoms with Crippen LogP contribution < -0.4 is 5.73 Å². The second kappa shape index (κ2) is 5.63. The van der Waals surface area contributed by atoms with Gasteiger partial charge >= 0.3 is 0 Å². The van der Waals surface area contributed by atoms with E-state index in [1.807, 2.05) is 12.2 Å². The molecule has 0 atom stereocenters. The van der Waals surface area contributed by atoms with Crippen LogP contribution in [0.4, 0.5) is 0 Å². The first-order chi connectivity index (χ1) is 5.97. The van der Waals surface area contributed by atoms with Crippen LogP contribution in [-0.4, -0.2) is 0 Å². The number of allylic oxidation sites excluding steroid dienone is 4. The third-order valence-electron chi connectivity index (χ3n) is 2.13. The van der Waals surface area contributed by atoms with Gasteiger partial charge in [0, 0.05) is 5.70 Å². The zero-order valence-corrected chi connectivity index (χ0v) is 9.22. The molecule has 0 radical (unpaired) electrons. The summed E-state index contributed by atoms with van der Waals surface area (Å²) in [6.07, 6.45) is 4.91. The van der Waals surface area contributed by atoms with Gasteiger partial charge in [-0.3, -0.25) is 0 Å². The molecule has 0 rings (SSSR count).